The zero-order valence-corrected chi connectivity index (χ0v) is 16.1. The van der Waals surface area contributed by atoms with E-state index in [0.717, 1.165) is 12.8 Å². The molecule has 142 valence electrons. The summed E-state index contributed by atoms with van der Waals surface area (Å²) >= 11 is 0. The van der Waals surface area contributed by atoms with Crippen LogP contribution in [0.4, 0.5) is 0 Å². The van der Waals surface area contributed by atoms with Crippen molar-refractivity contribution < 1.29 is 14.6 Å². The molecule has 0 aromatic rings. The van der Waals surface area contributed by atoms with Crippen LogP contribution in [0.1, 0.15) is 110 Å². The van der Waals surface area contributed by atoms with Crippen LogP contribution in [0, 0.1) is 5.92 Å². The van der Waals surface area contributed by atoms with Gasteiger partial charge in [-0.3, -0.25) is 4.79 Å². The van der Waals surface area contributed by atoms with Crippen molar-refractivity contribution in [2.45, 2.75) is 122 Å². The molecule has 1 N–H and O–H groups in total. The Hall–Kier alpha value is -0.570. The Morgan fingerprint density at radius 3 is 1.58 bits per heavy atom. The highest BCUT2D eigenvalue weighted by Crippen LogP contribution is 2.26. The van der Waals surface area contributed by atoms with Gasteiger partial charge in [0.15, 0.2) is 0 Å². The normalized spacial score (nSPS) is 23.6. The monoisotopic (exact) mass is 340 g/mol. The van der Waals surface area contributed by atoms with Gasteiger partial charge < -0.3 is 9.84 Å². The first-order valence-corrected chi connectivity index (χ1v) is 10.6. The van der Waals surface area contributed by atoms with Crippen molar-refractivity contribution in [3.05, 3.63) is 0 Å². The number of carbonyl (C=O) groups excluding carboxylic acids is 1. The predicted molar refractivity (Wildman–Crippen MR) is 100.0 cm³/mol. The van der Waals surface area contributed by atoms with Crippen LogP contribution in [-0.4, -0.2) is 23.3 Å². The molecule has 1 saturated heterocycles. The fraction of sp³-hybridized carbons (Fsp3) is 0.952. The Labute approximate surface area is 149 Å². The molecular weight excluding hydrogens is 300 g/mol. The number of hydrogen-bond acceptors (Lipinski definition) is 3. The predicted octanol–water partition coefficient (Wildman–Crippen LogP) is 5.78. The van der Waals surface area contributed by atoms with Crippen LogP contribution in [0.5, 0.6) is 0 Å². The van der Waals surface area contributed by atoms with Crippen LogP contribution in [0.3, 0.4) is 0 Å². The molecule has 24 heavy (non-hydrogen) atoms. The molecule has 0 bridgehead atoms. The van der Waals surface area contributed by atoms with E-state index in [2.05, 4.69) is 6.92 Å². The highest BCUT2D eigenvalue weighted by Gasteiger charge is 2.40. The first-order chi connectivity index (χ1) is 11.7. The Kier molecular flexibility index (Phi) is 12.2. The van der Waals surface area contributed by atoms with Crippen LogP contribution in [0.2, 0.25) is 0 Å². The van der Waals surface area contributed by atoms with Gasteiger partial charge in [-0.2, -0.15) is 0 Å². The van der Waals surface area contributed by atoms with E-state index in [0.29, 0.717) is 0 Å². The van der Waals surface area contributed by atoms with Gasteiger partial charge in [-0.05, 0) is 13.3 Å². The van der Waals surface area contributed by atoms with Crippen molar-refractivity contribution in [2.24, 2.45) is 5.92 Å². The molecule has 1 rings (SSSR count). The van der Waals surface area contributed by atoms with Crippen molar-refractivity contribution in [1.82, 2.24) is 0 Å². The second-order valence-corrected chi connectivity index (χ2v) is 7.62. The second kappa shape index (κ2) is 13.7. The van der Waals surface area contributed by atoms with Gasteiger partial charge in [0, 0.05) is 0 Å². The number of esters is 1. The number of hydrogen-bond donors (Lipinski definition) is 1. The molecule has 0 aromatic heterocycles. The molecule has 3 atom stereocenters. The molecule has 0 saturated carbocycles. The molecule has 1 aliphatic heterocycles. The summed E-state index contributed by atoms with van der Waals surface area (Å²) in [6.45, 7) is 4.04. The van der Waals surface area contributed by atoms with E-state index in [1.165, 1.54) is 83.5 Å². The maximum atomic E-state index is 11.6. The van der Waals surface area contributed by atoms with Crippen LogP contribution >= 0.6 is 0 Å². The zero-order valence-electron chi connectivity index (χ0n) is 16.1. The Morgan fingerprint density at radius 1 is 0.792 bits per heavy atom. The van der Waals surface area contributed by atoms with Crippen LogP contribution in [-0.2, 0) is 9.53 Å². The van der Waals surface area contributed by atoms with Crippen molar-refractivity contribution in [2.75, 3.05) is 0 Å². The van der Waals surface area contributed by atoms with Crippen molar-refractivity contribution in [3.8, 4) is 0 Å². The van der Waals surface area contributed by atoms with Crippen molar-refractivity contribution in [3.63, 3.8) is 0 Å². The fourth-order valence-electron chi connectivity index (χ4n) is 3.65. The average molecular weight is 341 g/mol. The number of ether oxygens (including phenoxy) is 1. The molecule has 0 aromatic carbocycles. The Morgan fingerprint density at radius 2 is 1.21 bits per heavy atom. The summed E-state index contributed by atoms with van der Waals surface area (Å²) in [4.78, 5) is 11.6. The summed E-state index contributed by atoms with van der Waals surface area (Å²) in [5, 5.41) is 9.89. The van der Waals surface area contributed by atoms with Gasteiger partial charge >= 0.3 is 5.97 Å². The van der Waals surface area contributed by atoms with Crippen LogP contribution in [0.15, 0.2) is 0 Å². The molecule has 3 heteroatoms. The van der Waals surface area contributed by atoms with E-state index in [4.69, 9.17) is 4.74 Å². The standard InChI is InChI=1S/C21H40O3/c1-3-4-5-6-7-8-9-10-11-12-13-14-15-16-17-19-20(22)18(2)24-21(19)23/h18-20,22H,3-17H2,1-2H3/t18-,19+,20+/m0/s1. The molecular formula is C21H40O3. The SMILES string of the molecule is CCCCCCCCCCCCCCCC[C@H]1C(=O)O[C@@H](C)[C@H]1O. The lowest BCUT2D eigenvalue weighted by atomic mass is 9.95. The Balaban J connectivity index is 1.80. The van der Waals surface area contributed by atoms with Gasteiger partial charge in [0.2, 0.25) is 0 Å². The Bertz CT molecular complexity index is 316. The molecule has 1 aliphatic rings. The second-order valence-electron chi connectivity index (χ2n) is 7.62. The summed E-state index contributed by atoms with van der Waals surface area (Å²) in [7, 11) is 0. The van der Waals surface area contributed by atoms with Gasteiger partial charge in [-0.15, -0.1) is 0 Å². The first kappa shape index (κ1) is 21.5. The summed E-state index contributed by atoms with van der Waals surface area (Å²) < 4.78 is 5.07. The fourth-order valence-corrected chi connectivity index (χ4v) is 3.65. The quantitative estimate of drug-likeness (QED) is 0.303. The lowest BCUT2D eigenvalue weighted by Gasteiger charge is -2.11. The third-order valence-corrected chi connectivity index (χ3v) is 5.37. The van der Waals surface area contributed by atoms with E-state index in [1.54, 1.807) is 6.92 Å². The van der Waals surface area contributed by atoms with E-state index in [9.17, 15) is 9.90 Å². The first-order valence-electron chi connectivity index (χ1n) is 10.6. The molecule has 0 unspecified atom stereocenters. The number of carbonyl (C=O) groups is 1. The highest BCUT2D eigenvalue weighted by molar-refractivity contribution is 5.75. The van der Waals surface area contributed by atoms with Gasteiger partial charge in [0.05, 0.1) is 5.92 Å². The van der Waals surface area contributed by atoms with E-state index in [-0.39, 0.29) is 18.0 Å². The van der Waals surface area contributed by atoms with Crippen LogP contribution < -0.4 is 0 Å². The van der Waals surface area contributed by atoms with Crippen LogP contribution in [0.25, 0.3) is 0 Å². The van der Waals surface area contributed by atoms with E-state index < -0.39 is 6.10 Å². The maximum Gasteiger partial charge on any atom is 0.312 e. The minimum Gasteiger partial charge on any atom is -0.460 e. The third-order valence-electron chi connectivity index (χ3n) is 5.37. The third kappa shape index (κ3) is 9.05. The minimum absolute atomic E-state index is 0.204. The van der Waals surface area contributed by atoms with Gasteiger partial charge in [0.25, 0.3) is 0 Å². The van der Waals surface area contributed by atoms with Crippen molar-refractivity contribution in [1.29, 1.82) is 0 Å². The average Bonchev–Trinajstić information content (AvgIpc) is 2.81. The molecule has 0 radical (unpaired) electrons. The van der Waals surface area contributed by atoms with E-state index >= 15 is 0 Å². The summed E-state index contributed by atoms with van der Waals surface area (Å²) in [6.07, 6.45) is 18.6. The molecule has 0 aliphatic carbocycles. The molecule has 0 spiro atoms. The van der Waals surface area contributed by atoms with Gasteiger partial charge in [-0.1, -0.05) is 96.8 Å². The smallest absolute Gasteiger partial charge is 0.312 e. The number of cyclic esters (lactones) is 1. The number of unbranched alkanes of at least 4 members (excludes halogenated alkanes) is 13. The minimum atomic E-state index is -0.598. The molecule has 1 fully saturated rings. The number of rotatable bonds is 15. The summed E-state index contributed by atoms with van der Waals surface area (Å²) in [5.41, 5.74) is 0. The lowest BCUT2D eigenvalue weighted by Crippen LogP contribution is -2.24. The maximum absolute atomic E-state index is 11.6. The number of aliphatic hydroxyl groups is 1. The van der Waals surface area contributed by atoms with E-state index in [1.807, 2.05) is 0 Å². The largest absolute Gasteiger partial charge is 0.460 e. The zero-order chi connectivity index (χ0) is 17.6. The van der Waals surface area contributed by atoms with Crippen molar-refractivity contribution >= 4 is 5.97 Å². The van der Waals surface area contributed by atoms with Gasteiger partial charge in [0.1, 0.15) is 12.2 Å². The summed E-state index contributed by atoms with van der Waals surface area (Å²) in [5.74, 6) is -0.484. The molecule has 3 nitrogen and oxygen atoms in total. The topological polar surface area (TPSA) is 46.5 Å². The van der Waals surface area contributed by atoms with Gasteiger partial charge in [-0.25, -0.2) is 0 Å². The highest BCUT2D eigenvalue weighted by atomic mass is 16.6. The molecule has 0 amide bonds. The molecule has 1 heterocycles. The lowest BCUT2D eigenvalue weighted by molar-refractivity contribution is -0.143. The number of aliphatic hydroxyl groups excluding tert-OH is 1. The summed E-state index contributed by atoms with van der Waals surface area (Å²) in [6, 6.07) is 0.